The molecule has 6 rings (SSSR count). The van der Waals surface area contributed by atoms with E-state index in [-0.39, 0.29) is 23.0 Å². The first-order chi connectivity index (χ1) is 17.9. The zero-order valence-corrected chi connectivity index (χ0v) is 21.0. The highest BCUT2D eigenvalue weighted by molar-refractivity contribution is 5.98. The zero-order chi connectivity index (χ0) is 25.8. The molecule has 0 bridgehead atoms. The Morgan fingerprint density at radius 2 is 1.97 bits per heavy atom. The molecule has 0 amide bonds. The van der Waals surface area contributed by atoms with E-state index in [1.807, 2.05) is 17.8 Å². The largest absolute Gasteiger partial charge is 0.383 e. The maximum Gasteiger partial charge on any atom is 0.261 e. The van der Waals surface area contributed by atoms with Crippen molar-refractivity contribution < 1.29 is 4.39 Å². The molecule has 1 atom stereocenters. The number of nitrogens with zero attached hydrogens (tertiary/aromatic N) is 8. The summed E-state index contributed by atoms with van der Waals surface area (Å²) in [4.78, 5) is 27.0. The number of nitrogen functional groups attached to an aromatic ring is 1. The van der Waals surface area contributed by atoms with Crippen molar-refractivity contribution in [3.05, 3.63) is 58.9 Å². The van der Waals surface area contributed by atoms with Crippen LogP contribution in [0.4, 0.5) is 10.2 Å². The maximum atomic E-state index is 13.9. The number of fused-ring (bicyclic) bond motifs is 2. The Hall–Kier alpha value is -4.15. The number of hydrogen-bond acceptors (Lipinski definition) is 7. The lowest BCUT2D eigenvalue weighted by Gasteiger charge is -2.19. The minimum absolute atomic E-state index is 0.0318. The zero-order valence-electron chi connectivity index (χ0n) is 21.0. The lowest BCUT2D eigenvalue weighted by molar-refractivity contribution is 0.428. The first-order valence-electron chi connectivity index (χ1n) is 12.7. The van der Waals surface area contributed by atoms with E-state index in [0.717, 1.165) is 31.2 Å². The van der Waals surface area contributed by atoms with Gasteiger partial charge in [-0.05, 0) is 50.8 Å². The minimum Gasteiger partial charge on any atom is -0.383 e. The van der Waals surface area contributed by atoms with Crippen LogP contribution in [-0.2, 0) is 0 Å². The molecule has 0 radical (unpaired) electrons. The first kappa shape index (κ1) is 23.3. The van der Waals surface area contributed by atoms with Gasteiger partial charge in [-0.3, -0.25) is 14.0 Å². The van der Waals surface area contributed by atoms with Crippen LogP contribution in [0.1, 0.15) is 70.4 Å². The second-order valence-corrected chi connectivity index (χ2v) is 9.64. The van der Waals surface area contributed by atoms with Crippen molar-refractivity contribution in [2.24, 2.45) is 0 Å². The molecule has 2 N–H and O–H groups in total. The molecule has 190 valence electrons. The lowest BCUT2D eigenvalue weighted by Crippen LogP contribution is -2.28. The molecule has 1 saturated carbocycles. The highest BCUT2D eigenvalue weighted by Gasteiger charge is 2.32. The van der Waals surface area contributed by atoms with Crippen molar-refractivity contribution in [2.75, 3.05) is 5.73 Å². The Bertz CT molecular complexity index is 1690. The van der Waals surface area contributed by atoms with E-state index in [1.165, 1.54) is 18.5 Å². The molecule has 10 nitrogen and oxygen atoms in total. The van der Waals surface area contributed by atoms with E-state index >= 15 is 0 Å². The van der Waals surface area contributed by atoms with Crippen LogP contribution in [0.5, 0.6) is 0 Å². The van der Waals surface area contributed by atoms with Crippen LogP contribution < -0.4 is 11.3 Å². The normalized spacial score (nSPS) is 14.7. The topological polar surface area (TPSA) is 122 Å². The fourth-order valence-electron chi connectivity index (χ4n) is 5.07. The summed E-state index contributed by atoms with van der Waals surface area (Å²) in [6.07, 6.45) is 8.84. The summed E-state index contributed by atoms with van der Waals surface area (Å²) >= 11 is 0. The van der Waals surface area contributed by atoms with Gasteiger partial charge in [0, 0.05) is 17.8 Å². The molecule has 0 aliphatic heterocycles. The van der Waals surface area contributed by atoms with Gasteiger partial charge in [0.25, 0.3) is 5.56 Å². The van der Waals surface area contributed by atoms with Crippen LogP contribution in [0.15, 0.2) is 41.7 Å². The Morgan fingerprint density at radius 1 is 1.19 bits per heavy atom. The molecular weight excluding hydrogens is 473 g/mol. The van der Waals surface area contributed by atoms with Crippen molar-refractivity contribution in [2.45, 2.75) is 64.6 Å². The molecule has 0 saturated heterocycles. The molecular formula is C26H28FN9O. The number of hydrogen-bond donors (Lipinski definition) is 1. The van der Waals surface area contributed by atoms with Crippen LogP contribution in [0.2, 0.25) is 0 Å². The Morgan fingerprint density at radius 3 is 2.70 bits per heavy atom. The average Bonchev–Trinajstić information content (AvgIpc) is 3.47. The molecule has 1 aliphatic rings. The van der Waals surface area contributed by atoms with Gasteiger partial charge in [-0.15, -0.1) is 0 Å². The van der Waals surface area contributed by atoms with Gasteiger partial charge in [0.2, 0.25) is 0 Å². The van der Waals surface area contributed by atoms with Crippen molar-refractivity contribution >= 4 is 27.8 Å². The van der Waals surface area contributed by atoms with E-state index in [0.29, 0.717) is 33.9 Å². The third kappa shape index (κ3) is 3.76. The number of anilines is 1. The smallest absolute Gasteiger partial charge is 0.261 e. The molecule has 1 aliphatic carbocycles. The SMILES string of the molecule is CCC(CC)n1cc(-c2nn([C@@H](C)c3nc4ccc(F)cc4c(=O)n3C3CC3)c3ncnc(N)c23)cn1. The van der Waals surface area contributed by atoms with Crippen LogP contribution in [0, 0.1) is 5.82 Å². The van der Waals surface area contributed by atoms with Crippen molar-refractivity contribution in [3.63, 3.8) is 0 Å². The van der Waals surface area contributed by atoms with Gasteiger partial charge in [-0.1, -0.05) is 13.8 Å². The third-order valence-corrected chi connectivity index (χ3v) is 7.25. The minimum atomic E-state index is -0.460. The van der Waals surface area contributed by atoms with Gasteiger partial charge in [0.05, 0.1) is 28.5 Å². The quantitative estimate of drug-likeness (QED) is 0.350. The summed E-state index contributed by atoms with van der Waals surface area (Å²) < 4.78 is 19.3. The van der Waals surface area contributed by atoms with Crippen LogP contribution in [0.25, 0.3) is 33.2 Å². The highest BCUT2D eigenvalue weighted by Crippen LogP contribution is 2.38. The summed E-state index contributed by atoms with van der Waals surface area (Å²) in [5.41, 5.74) is 8.51. The maximum absolute atomic E-state index is 13.9. The van der Waals surface area contributed by atoms with Gasteiger partial charge in [0.15, 0.2) is 5.65 Å². The predicted octanol–water partition coefficient (Wildman–Crippen LogP) is 4.43. The molecule has 0 spiro atoms. The first-order valence-corrected chi connectivity index (χ1v) is 12.7. The summed E-state index contributed by atoms with van der Waals surface area (Å²) in [6, 6.07) is 3.97. The van der Waals surface area contributed by atoms with Gasteiger partial charge < -0.3 is 5.73 Å². The van der Waals surface area contributed by atoms with Crippen molar-refractivity contribution in [1.82, 2.24) is 39.1 Å². The van der Waals surface area contributed by atoms with Crippen LogP contribution in [-0.4, -0.2) is 39.1 Å². The summed E-state index contributed by atoms with van der Waals surface area (Å²) in [6.45, 7) is 6.20. The van der Waals surface area contributed by atoms with Gasteiger partial charge in [-0.2, -0.15) is 10.2 Å². The van der Waals surface area contributed by atoms with Crippen LogP contribution in [0.3, 0.4) is 0 Å². The number of benzene rings is 1. The summed E-state index contributed by atoms with van der Waals surface area (Å²) in [5, 5.41) is 10.4. The number of rotatable bonds is 7. The van der Waals surface area contributed by atoms with Crippen molar-refractivity contribution in [1.29, 1.82) is 0 Å². The van der Waals surface area contributed by atoms with E-state index in [1.54, 1.807) is 21.5 Å². The van der Waals surface area contributed by atoms with Gasteiger partial charge in [-0.25, -0.2) is 24.0 Å². The average molecular weight is 502 g/mol. The standard InChI is InChI=1S/C26H28FN9O/c1-4-17(5-2)34-12-15(11-31-34)22-21-23(28)29-13-30-25(21)36(33-22)14(3)24-32-20-9-6-16(27)10-19(20)26(37)35(24)18-7-8-18/h6,9-14,17-18H,4-5,7-8H2,1-3H3,(H2,28,29,30)/t14-/m0/s1. The summed E-state index contributed by atoms with van der Waals surface area (Å²) in [5.74, 6) is 0.404. The molecule has 4 heterocycles. The highest BCUT2D eigenvalue weighted by atomic mass is 19.1. The number of halogens is 1. The summed E-state index contributed by atoms with van der Waals surface area (Å²) in [7, 11) is 0. The molecule has 11 heteroatoms. The second kappa shape index (κ2) is 8.75. The molecule has 5 aromatic rings. The fraction of sp³-hybridized carbons (Fsp3) is 0.385. The Kier molecular flexibility index (Phi) is 5.50. The second-order valence-electron chi connectivity index (χ2n) is 9.64. The number of nitrogens with two attached hydrogens (primary N) is 1. The van der Waals surface area contributed by atoms with Gasteiger partial charge >= 0.3 is 0 Å². The van der Waals surface area contributed by atoms with E-state index in [9.17, 15) is 9.18 Å². The fourth-order valence-corrected chi connectivity index (χ4v) is 5.07. The monoisotopic (exact) mass is 501 g/mol. The van der Waals surface area contributed by atoms with Crippen molar-refractivity contribution in [3.8, 4) is 11.3 Å². The van der Waals surface area contributed by atoms with Crippen LogP contribution >= 0.6 is 0 Å². The molecule has 1 aromatic carbocycles. The van der Waals surface area contributed by atoms with Gasteiger partial charge in [0.1, 0.15) is 35.5 Å². The molecule has 1 fully saturated rings. The van der Waals surface area contributed by atoms with E-state index in [2.05, 4.69) is 28.9 Å². The third-order valence-electron chi connectivity index (χ3n) is 7.25. The molecule has 0 unspecified atom stereocenters. The molecule has 37 heavy (non-hydrogen) atoms. The lowest BCUT2D eigenvalue weighted by atomic mass is 10.1. The van der Waals surface area contributed by atoms with E-state index in [4.69, 9.17) is 15.8 Å². The molecule has 4 aromatic heterocycles. The predicted molar refractivity (Wildman–Crippen MR) is 139 cm³/mol. The Balaban J connectivity index is 1.54. The van der Waals surface area contributed by atoms with E-state index < -0.39 is 11.9 Å². The number of aromatic nitrogens is 8. The Labute approximate surface area is 212 Å².